The zero-order valence-corrected chi connectivity index (χ0v) is 22.3. The molecule has 214 valence electrons. The van der Waals surface area contributed by atoms with Crippen molar-refractivity contribution in [1.29, 1.82) is 5.26 Å². The van der Waals surface area contributed by atoms with Gasteiger partial charge in [-0.3, -0.25) is 29.2 Å². The molecule has 0 bridgehead atoms. The van der Waals surface area contributed by atoms with Crippen molar-refractivity contribution in [1.82, 2.24) is 15.3 Å². The Kier molecular flexibility index (Phi) is 6.68. The van der Waals surface area contributed by atoms with Gasteiger partial charge in [-0.25, -0.2) is 18.2 Å². The van der Waals surface area contributed by atoms with Gasteiger partial charge in [-0.2, -0.15) is 5.26 Å². The van der Waals surface area contributed by atoms with Gasteiger partial charge in [0.25, 0.3) is 17.7 Å². The Labute approximate surface area is 239 Å². The standard InChI is InChI=1S/C30H25F3N6O3/c31-20-12-22(17-35-16-20)39(27(41)24-5-6-26(40)38(24)25-11-18(15-34)8-10-36-25)30(9-7-19-3-1-2-4-23(19)30)28(42)37-21-13-29(32,33)14-21/h1-4,8,10-12,16-17,21,24H,5-7,9,13-14H2,(H,37,42)/t24-,30-/m0/s1. The van der Waals surface area contributed by atoms with Gasteiger partial charge in [-0.05, 0) is 42.5 Å². The Morgan fingerprint density at radius 2 is 1.90 bits per heavy atom. The van der Waals surface area contributed by atoms with E-state index in [-0.39, 0.29) is 36.3 Å². The number of aryl methyl sites for hydroxylation is 1. The molecular weight excluding hydrogens is 549 g/mol. The van der Waals surface area contributed by atoms with Crippen molar-refractivity contribution in [3.05, 3.63) is 83.6 Å². The molecule has 3 aliphatic rings. The van der Waals surface area contributed by atoms with Crippen molar-refractivity contribution >= 4 is 29.2 Å². The number of hydrogen-bond acceptors (Lipinski definition) is 6. The molecule has 0 spiro atoms. The van der Waals surface area contributed by atoms with Gasteiger partial charge in [-0.15, -0.1) is 0 Å². The smallest absolute Gasteiger partial charge is 0.252 e. The molecular formula is C30H25F3N6O3. The summed E-state index contributed by atoms with van der Waals surface area (Å²) in [4.78, 5) is 52.6. The maximum absolute atomic E-state index is 14.7. The molecule has 6 rings (SSSR count). The van der Waals surface area contributed by atoms with E-state index in [0.717, 1.165) is 17.8 Å². The molecule has 3 amide bonds. The number of carbonyl (C=O) groups is 3. The van der Waals surface area contributed by atoms with E-state index in [1.54, 1.807) is 18.2 Å². The van der Waals surface area contributed by atoms with Gasteiger partial charge in [-0.1, -0.05) is 24.3 Å². The van der Waals surface area contributed by atoms with Crippen LogP contribution < -0.4 is 15.1 Å². The molecule has 12 heteroatoms. The lowest BCUT2D eigenvalue weighted by Gasteiger charge is -2.44. The monoisotopic (exact) mass is 574 g/mol. The van der Waals surface area contributed by atoms with Crippen LogP contribution in [0.2, 0.25) is 0 Å². The molecule has 3 aromatic rings. The van der Waals surface area contributed by atoms with E-state index >= 15 is 0 Å². The molecule has 0 unspecified atom stereocenters. The van der Waals surface area contributed by atoms with Crippen molar-refractivity contribution in [2.45, 2.75) is 62.1 Å². The molecule has 1 saturated heterocycles. The van der Waals surface area contributed by atoms with Crippen LogP contribution in [-0.4, -0.2) is 45.7 Å². The van der Waals surface area contributed by atoms with Crippen LogP contribution in [0.15, 0.2) is 61.1 Å². The molecule has 3 heterocycles. The van der Waals surface area contributed by atoms with Crippen LogP contribution in [0.3, 0.4) is 0 Å². The Balaban J connectivity index is 1.49. The summed E-state index contributed by atoms with van der Waals surface area (Å²) < 4.78 is 42.1. The summed E-state index contributed by atoms with van der Waals surface area (Å²) in [5, 5.41) is 12.1. The van der Waals surface area contributed by atoms with Crippen LogP contribution in [0, 0.1) is 17.1 Å². The lowest BCUT2D eigenvalue weighted by molar-refractivity contribution is -0.137. The Bertz CT molecular complexity index is 1630. The average molecular weight is 575 g/mol. The molecule has 42 heavy (non-hydrogen) atoms. The third kappa shape index (κ3) is 4.55. The number of benzene rings is 1. The number of hydrogen-bond donors (Lipinski definition) is 1. The largest absolute Gasteiger partial charge is 0.351 e. The van der Waals surface area contributed by atoms with Crippen molar-refractivity contribution in [3.63, 3.8) is 0 Å². The van der Waals surface area contributed by atoms with Crippen molar-refractivity contribution in [3.8, 4) is 6.07 Å². The van der Waals surface area contributed by atoms with Crippen molar-refractivity contribution < 1.29 is 27.6 Å². The Morgan fingerprint density at radius 3 is 2.64 bits per heavy atom. The fraction of sp³-hybridized carbons (Fsp3) is 0.333. The van der Waals surface area contributed by atoms with Gasteiger partial charge in [0.1, 0.15) is 17.7 Å². The van der Waals surface area contributed by atoms with Crippen LogP contribution in [0.4, 0.5) is 24.7 Å². The fourth-order valence-corrected chi connectivity index (χ4v) is 6.26. The van der Waals surface area contributed by atoms with Gasteiger partial charge in [0.05, 0.1) is 29.7 Å². The van der Waals surface area contributed by atoms with Gasteiger partial charge in [0.15, 0.2) is 5.54 Å². The molecule has 2 aliphatic carbocycles. The summed E-state index contributed by atoms with van der Waals surface area (Å²) >= 11 is 0. The first-order valence-electron chi connectivity index (χ1n) is 13.5. The first-order chi connectivity index (χ1) is 20.1. The predicted octanol–water partition coefficient (Wildman–Crippen LogP) is 3.77. The molecule has 1 saturated carbocycles. The molecule has 1 aliphatic heterocycles. The number of alkyl halides is 2. The third-order valence-electron chi connectivity index (χ3n) is 8.19. The van der Waals surface area contributed by atoms with Crippen LogP contribution in [0.1, 0.15) is 48.8 Å². The van der Waals surface area contributed by atoms with Crippen LogP contribution in [-0.2, 0) is 26.3 Å². The number of carbonyl (C=O) groups excluding carboxylic acids is 3. The van der Waals surface area contributed by atoms with E-state index in [4.69, 9.17) is 0 Å². The van der Waals surface area contributed by atoms with E-state index in [2.05, 4.69) is 15.3 Å². The van der Waals surface area contributed by atoms with E-state index in [0.29, 0.717) is 12.0 Å². The second-order valence-electron chi connectivity index (χ2n) is 10.8. The van der Waals surface area contributed by atoms with E-state index in [9.17, 15) is 32.8 Å². The molecule has 2 fully saturated rings. The van der Waals surface area contributed by atoms with Gasteiger partial charge in [0, 0.05) is 37.6 Å². The van der Waals surface area contributed by atoms with Crippen molar-refractivity contribution in [2.24, 2.45) is 0 Å². The minimum atomic E-state index is -2.89. The summed E-state index contributed by atoms with van der Waals surface area (Å²) in [7, 11) is 0. The van der Waals surface area contributed by atoms with Gasteiger partial charge >= 0.3 is 0 Å². The number of nitrogens with one attached hydrogen (secondary N) is 1. The third-order valence-corrected chi connectivity index (χ3v) is 8.19. The molecule has 9 nitrogen and oxygen atoms in total. The maximum Gasteiger partial charge on any atom is 0.252 e. The first kappa shape index (κ1) is 27.4. The highest BCUT2D eigenvalue weighted by Crippen LogP contribution is 2.47. The number of halogens is 3. The number of fused-ring (bicyclic) bond motifs is 1. The topological polar surface area (TPSA) is 119 Å². The Hall–Kier alpha value is -4.79. The molecule has 1 N–H and O–H groups in total. The highest BCUT2D eigenvalue weighted by Gasteiger charge is 2.57. The Morgan fingerprint density at radius 1 is 1.12 bits per heavy atom. The van der Waals surface area contributed by atoms with E-state index < -0.39 is 59.9 Å². The van der Waals surface area contributed by atoms with Crippen LogP contribution >= 0.6 is 0 Å². The summed E-state index contributed by atoms with van der Waals surface area (Å²) in [5.74, 6) is -5.33. The minimum Gasteiger partial charge on any atom is -0.351 e. The average Bonchev–Trinajstić information content (AvgIpc) is 3.54. The van der Waals surface area contributed by atoms with Gasteiger partial charge < -0.3 is 5.32 Å². The maximum atomic E-state index is 14.7. The SMILES string of the molecule is N#Cc1ccnc(N2C(=O)CC[C@H]2C(=O)N(c2cncc(F)c2)[C@@]2(C(=O)NC3CC(F)(F)C3)CCc3ccccc32)c1. The highest BCUT2D eigenvalue weighted by molar-refractivity contribution is 6.12. The lowest BCUT2D eigenvalue weighted by Crippen LogP contribution is -2.64. The molecule has 2 aromatic heterocycles. The first-order valence-corrected chi connectivity index (χ1v) is 13.5. The zero-order valence-electron chi connectivity index (χ0n) is 22.3. The number of aromatic nitrogens is 2. The number of rotatable bonds is 6. The summed E-state index contributed by atoms with van der Waals surface area (Å²) in [5.41, 5.74) is -0.283. The molecule has 1 aromatic carbocycles. The predicted molar refractivity (Wildman–Crippen MR) is 144 cm³/mol. The minimum absolute atomic E-state index is 0.00293. The van der Waals surface area contributed by atoms with Crippen LogP contribution in [0.25, 0.3) is 0 Å². The van der Waals surface area contributed by atoms with Crippen LogP contribution in [0.5, 0.6) is 0 Å². The second-order valence-corrected chi connectivity index (χ2v) is 10.8. The number of amides is 3. The number of anilines is 2. The summed E-state index contributed by atoms with van der Waals surface area (Å²) in [6, 6.07) is 11.0. The normalized spacial score (nSPS) is 22.7. The van der Waals surface area contributed by atoms with E-state index in [1.807, 2.05) is 12.1 Å². The van der Waals surface area contributed by atoms with Crippen molar-refractivity contribution in [2.75, 3.05) is 9.80 Å². The quantitative estimate of drug-likeness (QED) is 0.479. The second kappa shape index (κ2) is 10.2. The fourth-order valence-electron chi connectivity index (χ4n) is 6.26. The van der Waals surface area contributed by atoms with E-state index in [1.165, 1.54) is 34.3 Å². The zero-order chi connectivity index (χ0) is 29.6. The molecule has 2 atom stereocenters. The number of pyridine rings is 2. The molecule has 0 radical (unpaired) electrons. The van der Waals surface area contributed by atoms with Gasteiger partial charge in [0.2, 0.25) is 5.91 Å². The lowest BCUT2D eigenvalue weighted by atomic mass is 9.83. The highest BCUT2D eigenvalue weighted by atomic mass is 19.3. The summed E-state index contributed by atoms with van der Waals surface area (Å²) in [6.45, 7) is 0. The summed E-state index contributed by atoms with van der Waals surface area (Å²) in [6.07, 6.45) is 3.05. The number of nitrogens with zero attached hydrogens (tertiary/aromatic N) is 5. The number of nitriles is 1.